The molecule has 2 unspecified atom stereocenters. The van der Waals surface area contributed by atoms with Crippen LogP contribution in [0, 0.1) is 6.92 Å². The van der Waals surface area contributed by atoms with Gasteiger partial charge < -0.3 is 21.3 Å². The van der Waals surface area contributed by atoms with Gasteiger partial charge in [0.15, 0.2) is 0 Å². The fourth-order valence-electron chi connectivity index (χ4n) is 1.47. The summed E-state index contributed by atoms with van der Waals surface area (Å²) in [5.41, 5.74) is 12.8. The maximum absolute atomic E-state index is 10.7. The van der Waals surface area contributed by atoms with Crippen molar-refractivity contribution in [3.05, 3.63) is 29.3 Å². The first kappa shape index (κ1) is 12.5. The van der Waals surface area contributed by atoms with Crippen LogP contribution in [-0.2, 0) is 4.79 Å². The third-order valence-corrected chi connectivity index (χ3v) is 2.48. The third-order valence-electron chi connectivity index (χ3n) is 2.48. The molecule has 0 aliphatic rings. The summed E-state index contributed by atoms with van der Waals surface area (Å²) in [4.78, 5) is 10.7. The van der Waals surface area contributed by atoms with Crippen LogP contribution in [0.25, 0.3) is 0 Å². The van der Waals surface area contributed by atoms with Crippen molar-refractivity contribution in [2.75, 3.05) is 7.11 Å². The molecular formula is C11H16N2O3. The number of ether oxygens (including phenoxy) is 1. The molecule has 0 aliphatic carbocycles. The molecular weight excluding hydrogens is 208 g/mol. The Labute approximate surface area is 94.0 Å². The monoisotopic (exact) mass is 224 g/mol. The van der Waals surface area contributed by atoms with Crippen molar-refractivity contribution in [3.8, 4) is 5.75 Å². The van der Waals surface area contributed by atoms with Crippen LogP contribution in [0.1, 0.15) is 17.2 Å². The lowest BCUT2D eigenvalue weighted by molar-refractivity contribution is -0.139. The van der Waals surface area contributed by atoms with Gasteiger partial charge in [-0.15, -0.1) is 0 Å². The molecule has 5 N–H and O–H groups in total. The second-order valence-corrected chi connectivity index (χ2v) is 3.62. The molecule has 0 radical (unpaired) electrons. The summed E-state index contributed by atoms with van der Waals surface area (Å²) in [5.74, 6) is -0.374. The van der Waals surface area contributed by atoms with Crippen LogP contribution in [0.2, 0.25) is 0 Å². The number of carbonyl (C=O) groups is 1. The number of nitrogens with two attached hydrogens (primary N) is 2. The topological polar surface area (TPSA) is 98.6 Å². The maximum atomic E-state index is 10.7. The summed E-state index contributed by atoms with van der Waals surface area (Å²) in [6.07, 6.45) is 0. The van der Waals surface area contributed by atoms with E-state index in [0.29, 0.717) is 5.56 Å². The van der Waals surface area contributed by atoms with Gasteiger partial charge >= 0.3 is 5.97 Å². The first-order valence-corrected chi connectivity index (χ1v) is 4.86. The summed E-state index contributed by atoms with van der Waals surface area (Å²) >= 11 is 0. The van der Waals surface area contributed by atoms with Gasteiger partial charge in [0.05, 0.1) is 13.2 Å². The van der Waals surface area contributed by atoms with Crippen molar-refractivity contribution in [1.29, 1.82) is 0 Å². The van der Waals surface area contributed by atoms with Crippen molar-refractivity contribution >= 4 is 5.97 Å². The lowest BCUT2D eigenvalue weighted by atomic mass is 9.99. The van der Waals surface area contributed by atoms with E-state index >= 15 is 0 Å². The van der Waals surface area contributed by atoms with E-state index in [2.05, 4.69) is 0 Å². The van der Waals surface area contributed by atoms with Gasteiger partial charge in [-0.25, -0.2) is 0 Å². The minimum atomic E-state index is -1.11. The molecule has 0 saturated heterocycles. The van der Waals surface area contributed by atoms with E-state index in [1.165, 1.54) is 0 Å². The van der Waals surface area contributed by atoms with E-state index in [4.69, 9.17) is 21.3 Å². The zero-order valence-corrected chi connectivity index (χ0v) is 9.31. The molecule has 0 fully saturated rings. The van der Waals surface area contributed by atoms with Crippen molar-refractivity contribution in [1.82, 2.24) is 0 Å². The number of aryl methyl sites for hydroxylation is 1. The Balaban J connectivity index is 2.97. The fraction of sp³-hybridized carbons (Fsp3) is 0.364. The molecule has 5 heteroatoms. The summed E-state index contributed by atoms with van der Waals surface area (Å²) < 4.78 is 5.10. The predicted molar refractivity (Wildman–Crippen MR) is 60.3 cm³/mol. The van der Waals surface area contributed by atoms with Crippen molar-refractivity contribution in [2.24, 2.45) is 11.5 Å². The number of methoxy groups -OCH3 is 1. The Kier molecular flexibility index (Phi) is 3.87. The van der Waals surface area contributed by atoms with Gasteiger partial charge in [0.25, 0.3) is 0 Å². The summed E-state index contributed by atoms with van der Waals surface area (Å²) in [7, 11) is 1.57. The van der Waals surface area contributed by atoms with Gasteiger partial charge in [-0.05, 0) is 24.1 Å². The highest BCUT2D eigenvalue weighted by Crippen LogP contribution is 2.22. The normalized spacial score (nSPS) is 14.2. The van der Waals surface area contributed by atoms with Crippen LogP contribution in [0.15, 0.2) is 18.2 Å². The third kappa shape index (κ3) is 2.50. The quantitative estimate of drug-likeness (QED) is 0.688. The molecule has 0 bridgehead atoms. The molecule has 0 amide bonds. The highest BCUT2D eigenvalue weighted by Gasteiger charge is 2.22. The number of aliphatic carboxylic acids is 1. The molecule has 0 spiro atoms. The Morgan fingerprint density at radius 2 is 2.06 bits per heavy atom. The molecule has 88 valence electrons. The molecule has 0 heterocycles. The standard InChI is InChI=1S/C11H16N2O3/c1-6-5-7(3-4-8(6)16-2)9(12)10(13)11(14)15/h3-5,9-10H,12-13H2,1-2H3,(H,14,15). The number of carboxylic acid groups (broad SMARTS) is 1. The molecule has 1 rings (SSSR count). The van der Waals surface area contributed by atoms with E-state index in [9.17, 15) is 4.79 Å². The maximum Gasteiger partial charge on any atom is 0.322 e. The SMILES string of the molecule is COc1ccc(C(N)C(N)C(=O)O)cc1C. The minimum absolute atomic E-state index is 0.688. The predicted octanol–water partition coefficient (Wildman–Crippen LogP) is 0.415. The van der Waals surface area contributed by atoms with E-state index in [0.717, 1.165) is 11.3 Å². The second kappa shape index (κ2) is 4.96. The number of hydrogen-bond donors (Lipinski definition) is 3. The van der Waals surface area contributed by atoms with E-state index in [1.807, 2.05) is 6.92 Å². The Bertz CT molecular complexity index is 393. The van der Waals surface area contributed by atoms with Crippen LogP contribution < -0.4 is 16.2 Å². The van der Waals surface area contributed by atoms with Gasteiger partial charge in [0.1, 0.15) is 11.8 Å². The number of benzene rings is 1. The lowest BCUT2D eigenvalue weighted by Crippen LogP contribution is -2.40. The summed E-state index contributed by atoms with van der Waals surface area (Å²) in [5, 5.41) is 8.75. The zero-order chi connectivity index (χ0) is 12.3. The molecule has 2 atom stereocenters. The molecule has 1 aromatic carbocycles. The molecule has 1 aromatic rings. The second-order valence-electron chi connectivity index (χ2n) is 3.62. The van der Waals surface area contributed by atoms with E-state index in [1.54, 1.807) is 25.3 Å². The highest BCUT2D eigenvalue weighted by atomic mass is 16.5. The van der Waals surface area contributed by atoms with Crippen LogP contribution >= 0.6 is 0 Å². The largest absolute Gasteiger partial charge is 0.496 e. The van der Waals surface area contributed by atoms with Gasteiger partial charge in [-0.3, -0.25) is 4.79 Å². The van der Waals surface area contributed by atoms with Crippen molar-refractivity contribution < 1.29 is 14.6 Å². The van der Waals surface area contributed by atoms with Crippen LogP contribution in [0.5, 0.6) is 5.75 Å². The Hall–Kier alpha value is -1.59. The minimum Gasteiger partial charge on any atom is -0.496 e. The average molecular weight is 224 g/mol. The van der Waals surface area contributed by atoms with Crippen molar-refractivity contribution in [3.63, 3.8) is 0 Å². The van der Waals surface area contributed by atoms with Gasteiger partial charge in [-0.1, -0.05) is 12.1 Å². The van der Waals surface area contributed by atoms with Gasteiger partial charge in [-0.2, -0.15) is 0 Å². The molecule has 16 heavy (non-hydrogen) atoms. The summed E-state index contributed by atoms with van der Waals surface area (Å²) in [6, 6.07) is 3.43. The number of rotatable bonds is 4. The zero-order valence-electron chi connectivity index (χ0n) is 9.31. The lowest BCUT2D eigenvalue weighted by Gasteiger charge is -2.17. The van der Waals surface area contributed by atoms with Crippen molar-refractivity contribution in [2.45, 2.75) is 19.0 Å². The van der Waals surface area contributed by atoms with E-state index in [-0.39, 0.29) is 0 Å². The number of hydrogen-bond acceptors (Lipinski definition) is 4. The van der Waals surface area contributed by atoms with Crippen LogP contribution in [-0.4, -0.2) is 24.2 Å². The van der Waals surface area contributed by atoms with Gasteiger partial charge in [0.2, 0.25) is 0 Å². The number of carboxylic acids is 1. The average Bonchev–Trinajstić information content (AvgIpc) is 2.26. The molecule has 5 nitrogen and oxygen atoms in total. The molecule has 0 aromatic heterocycles. The molecule has 0 aliphatic heterocycles. The first-order chi connectivity index (χ1) is 7.47. The Morgan fingerprint density at radius 3 is 2.50 bits per heavy atom. The van der Waals surface area contributed by atoms with Crippen LogP contribution in [0.3, 0.4) is 0 Å². The van der Waals surface area contributed by atoms with E-state index < -0.39 is 18.1 Å². The highest BCUT2D eigenvalue weighted by molar-refractivity contribution is 5.74. The smallest absolute Gasteiger partial charge is 0.322 e. The Morgan fingerprint density at radius 1 is 1.44 bits per heavy atom. The van der Waals surface area contributed by atoms with Gasteiger partial charge in [0, 0.05) is 0 Å². The first-order valence-electron chi connectivity index (χ1n) is 4.86. The van der Waals surface area contributed by atoms with Crippen LogP contribution in [0.4, 0.5) is 0 Å². The molecule has 0 saturated carbocycles. The fourth-order valence-corrected chi connectivity index (χ4v) is 1.47. The summed E-state index contributed by atoms with van der Waals surface area (Å²) in [6.45, 7) is 1.86.